The molecule has 112 valence electrons. The van der Waals surface area contributed by atoms with Gasteiger partial charge in [-0.3, -0.25) is 4.79 Å². The van der Waals surface area contributed by atoms with E-state index in [4.69, 9.17) is 16.3 Å². The summed E-state index contributed by atoms with van der Waals surface area (Å²) in [6, 6.07) is 3.55. The molecule has 2 aromatic rings. The average molecular weight is 328 g/mol. The normalized spacial score (nSPS) is 10.3. The van der Waals surface area contributed by atoms with Gasteiger partial charge in [-0.2, -0.15) is 15.0 Å². The van der Waals surface area contributed by atoms with Crippen LogP contribution in [-0.2, 0) is 6.54 Å². The van der Waals surface area contributed by atoms with Gasteiger partial charge in [-0.05, 0) is 12.1 Å². The second kappa shape index (κ2) is 6.68. The van der Waals surface area contributed by atoms with E-state index in [2.05, 4.69) is 20.3 Å². The number of carbonyl (C=O) groups excluding carboxylic acids is 1. The lowest BCUT2D eigenvalue weighted by Gasteiger charge is -2.12. The molecular weight excluding hydrogens is 314 g/mol. The maximum absolute atomic E-state index is 11.9. The molecule has 2 rings (SSSR count). The van der Waals surface area contributed by atoms with Crippen LogP contribution in [0.4, 0.5) is 5.95 Å². The third kappa shape index (κ3) is 4.02. The van der Waals surface area contributed by atoms with Crippen LogP contribution in [-0.4, -0.2) is 42.1 Å². The number of carbonyl (C=O) groups is 1. The molecule has 0 aliphatic heterocycles. The first-order valence-electron chi connectivity index (χ1n) is 5.99. The number of amides is 1. The zero-order valence-electron chi connectivity index (χ0n) is 11.8. The molecular formula is C12H14ClN5O2S. The number of anilines is 1. The van der Waals surface area contributed by atoms with Crippen molar-refractivity contribution in [2.45, 2.75) is 6.54 Å². The van der Waals surface area contributed by atoms with Crippen LogP contribution < -0.4 is 15.0 Å². The van der Waals surface area contributed by atoms with Gasteiger partial charge >= 0.3 is 6.01 Å². The van der Waals surface area contributed by atoms with Crippen LogP contribution in [0.3, 0.4) is 0 Å². The molecule has 21 heavy (non-hydrogen) atoms. The fourth-order valence-corrected chi connectivity index (χ4v) is 2.40. The van der Waals surface area contributed by atoms with E-state index in [9.17, 15) is 4.79 Å². The molecule has 0 saturated carbocycles. The highest BCUT2D eigenvalue weighted by Crippen LogP contribution is 2.21. The van der Waals surface area contributed by atoms with Crippen molar-refractivity contribution in [2.75, 3.05) is 26.1 Å². The standard InChI is InChI=1S/C12H14ClN5O2S/c1-18(2)11-15-9(16-12(17-11)20-3)6-14-10(19)7-4-5-8(13)21-7/h4-5H,6H2,1-3H3,(H,14,19). The van der Waals surface area contributed by atoms with E-state index in [0.717, 1.165) is 0 Å². The van der Waals surface area contributed by atoms with Crippen LogP contribution in [0, 0.1) is 0 Å². The van der Waals surface area contributed by atoms with E-state index in [1.165, 1.54) is 18.4 Å². The largest absolute Gasteiger partial charge is 0.467 e. The Morgan fingerprint density at radius 2 is 2.14 bits per heavy atom. The minimum Gasteiger partial charge on any atom is -0.467 e. The lowest BCUT2D eigenvalue weighted by atomic mass is 10.4. The van der Waals surface area contributed by atoms with E-state index in [0.29, 0.717) is 21.0 Å². The number of rotatable bonds is 5. The Kier molecular flexibility index (Phi) is 4.92. The maximum atomic E-state index is 11.9. The number of nitrogens with one attached hydrogen (secondary N) is 1. The number of ether oxygens (including phenoxy) is 1. The minimum absolute atomic E-state index is 0.175. The zero-order chi connectivity index (χ0) is 15.4. The lowest BCUT2D eigenvalue weighted by molar-refractivity contribution is 0.0953. The monoisotopic (exact) mass is 327 g/mol. The van der Waals surface area contributed by atoms with Gasteiger partial charge in [-0.1, -0.05) is 11.6 Å². The van der Waals surface area contributed by atoms with E-state index in [-0.39, 0.29) is 18.5 Å². The second-order valence-corrected chi connectivity index (χ2v) is 5.93. The topological polar surface area (TPSA) is 80.2 Å². The Hall–Kier alpha value is -1.93. The van der Waals surface area contributed by atoms with Crippen molar-refractivity contribution in [1.82, 2.24) is 20.3 Å². The molecule has 0 atom stereocenters. The van der Waals surface area contributed by atoms with Crippen molar-refractivity contribution >= 4 is 34.8 Å². The molecule has 2 aromatic heterocycles. The van der Waals surface area contributed by atoms with Gasteiger partial charge in [0.05, 0.1) is 22.9 Å². The third-order valence-corrected chi connectivity index (χ3v) is 3.67. The van der Waals surface area contributed by atoms with Gasteiger partial charge in [-0.25, -0.2) is 0 Å². The Bertz CT molecular complexity index is 646. The quantitative estimate of drug-likeness (QED) is 0.898. The summed E-state index contributed by atoms with van der Waals surface area (Å²) in [6.07, 6.45) is 0. The number of halogens is 1. The van der Waals surface area contributed by atoms with E-state index < -0.39 is 0 Å². The van der Waals surface area contributed by atoms with Crippen molar-refractivity contribution in [1.29, 1.82) is 0 Å². The average Bonchev–Trinajstić information content (AvgIpc) is 2.91. The van der Waals surface area contributed by atoms with Crippen molar-refractivity contribution in [2.24, 2.45) is 0 Å². The van der Waals surface area contributed by atoms with E-state index in [1.54, 1.807) is 17.0 Å². The van der Waals surface area contributed by atoms with E-state index in [1.807, 2.05) is 14.1 Å². The number of methoxy groups -OCH3 is 1. The molecule has 0 fully saturated rings. The summed E-state index contributed by atoms with van der Waals surface area (Å²) in [5.41, 5.74) is 0. The van der Waals surface area contributed by atoms with Crippen LogP contribution >= 0.6 is 22.9 Å². The fourth-order valence-electron chi connectivity index (χ4n) is 1.44. The summed E-state index contributed by atoms with van der Waals surface area (Å²) in [5.74, 6) is 0.657. The lowest BCUT2D eigenvalue weighted by Crippen LogP contribution is -2.24. The van der Waals surface area contributed by atoms with Crippen LogP contribution in [0.2, 0.25) is 4.34 Å². The Morgan fingerprint density at radius 1 is 1.38 bits per heavy atom. The van der Waals surface area contributed by atoms with Gasteiger partial charge in [0.2, 0.25) is 5.95 Å². The summed E-state index contributed by atoms with van der Waals surface area (Å²) >= 11 is 7.01. The van der Waals surface area contributed by atoms with E-state index >= 15 is 0 Å². The van der Waals surface area contributed by atoms with Gasteiger partial charge in [-0.15, -0.1) is 11.3 Å². The molecule has 0 radical (unpaired) electrons. The first kappa shape index (κ1) is 15.5. The molecule has 1 amide bonds. The SMILES string of the molecule is COc1nc(CNC(=O)c2ccc(Cl)s2)nc(N(C)C)n1. The minimum atomic E-state index is -0.224. The molecule has 0 saturated heterocycles. The highest BCUT2D eigenvalue weighted by molar-refractivity contribution is 7.17. The fraction of sp³-hybridized carbons (Fsp3) is 0.333. The third-order valence-electron chi connectivity index (χ3n) is 2.44. The predicted octanol–water partition coefficient (Wildman–Crippen LogP) is 1.59. The van der Waals surface area contributed by atoms with Crippen LogP contribution in [0.15, 0.2) is 12.1 Å². The van der Waals surface area contributed by atoms with Crippen LogP contribution in [0.25, 0.3) is 0 Å². The summed E-state index contributed by atoms with van der Waals surface area (Å²) in [6.45, 7) is 0.175. The number of nitrogens with zero attached hydrogens (tertiary/aromatic N) is 4. The summed E-state index contributed by atoms with van der Waals surface area (Å²) < 4.78 is 5.59. The first-order chi connectivity index (χ1) is 9.99. The molecule has 7 nitrogen and oxygen atoms in total. The first-order valence-corrected chi connectivity index (χ1v) is 7.19. The maximum Gasteiger partial charge on any atom is 0.321 e. The summed E-state index contributed by atoms with van der Waals surface area (Å²) in [7, 11) is 5.10. The number of aromatic nitrogens is 3. The molecule has 9 heteroatoms. The van der Waals surface area contributed by atoms with Crippen molar-refractivity contribution < 1.29 is 9.53 Å². The van der Waals surface area contributed by atoms with Crippen molar-refractivity contribution in [3.8, 4) is 6.01 Å². The van der Waals surface area contributed by atoms with Crippen LogP contribution in [0.5, 0.6) is 6.01 Å². The Morgan fingerprint density at radius 3 is 2.71 bits per heavy atom. The summed E-state index contributed by atoms with van der Waals surface area (Å²) in [4.78, 5) is 26.6. The van der Waals surface area contributed by atoms with Gasteiger partial charge in [0, 0.05) is 14.1 Å². The van der Waals surface area contributed by atoms with Crippen LogP contribution in [0.1, 0.15) is 15.5 Å². The van der Waals surface area contributed by atoms with Gasteiger partial charge in [0.25, 0.3) is 5.91 Å². The molecule has 0 aliphatic rings. The molecule has 1 N–H and O–H groups in total. The zero-order valence-corrected chi connectivity index (χ0v) is 13.3. The van der Waals surface area contributed by atoms with Gasteiger partial charge < -0.3 is 15.0 Å². The number of hydrogen-bond acceptors (Lipinski definition) is 7. The molecule has 2 heterocycles. The molecule has 0 unspecified atom stereocenters. The molecule has 0 aromatic carbocycles. The van der Waals surface area contributed by atoms with Crippen molar-refractivity contribution in [3.05, 3.63) is 27.2 Å². The predicted molar refractivity (Wildman–Crippen MR) is 81.2 cm³/mol. The highest BCUT2D eigenvalue weighted by Gasteiger charge is 2.12. The highest BCUT2D eigenvalue weighted by atomic mass is 35.5. The number of hydrogen-bond donors (Lipinski definition) is 1. The molecule has 0 bridgehead atoms. The summed E-state index contributed by atoms with van der Waals surface area (Å²) in [5, 5.41) is 2.73. The molecule has 0 spiro atoms. The number of thiophene rings is 1. The van der Waals surface area contributed by atoms with Crippen molar-refractivity contribution in [3.63, 3.8) is 0 Å². The van der Waals surface area contributed by atoms with Gasteiger partial charge in [0.1, 0.15) is 0 Å². The Labute approximate surface area is 131 Å². The smallest absolute Gasteiger partial charge is 0.321 e. The second-order valence-electron chi connectivity index (χ2n) is 4.22. The Balaban J connectivity index is 2.08. The molecule has 0 aliphatic carbocycles. The van der Waals surface area contributed by atoms with Gasteiger partial charge in [0.15, 0.2) is 5.82 Å².